The highest BCUT2D eigenvalue weighted by atomic mass is 79.9. The van der Waals surface area contributed by atoms with Crippen LogP contribution >= 0.6 is 27.5 Å². The number of benzene rings is 2. The van der Waals surface area contributed by atoms with Crippen molar-refractivity contribution in [2.75, 3.05) is 5.73 Å². The summed E-state index contributed by atoms with van der Waals surface area (Å²) in [6, 6.07) is 8.89. The van der Waals surface area contributed by atoms with Crippen LogP contribution in [0.3, 0.4) is 0 Å². The van der Waals surface area contributed by atoms with Crippen LogP contribution < -0.4 is 5.73 Å². The van der Waals surface area contributed by atoms with Gasteiger partial charge < -0.3 is 5.73 Å². The molecule has 0 aliphatic carbocycles. The summed E-state index contributed by atoms with van der Waals surface area (Å²) in [7, 11) is 0. The topological polar surface area (TPSA) is 43.1 Å². The Hall–Kier alpha value is -1.32. The van der Waals surface area contributed by atoms with E-state index in [4.69, 9.17) is 17.3 Å². The summed E-state index contributed by atoms with van der Waals surface area (Å²) >= 11 is 9.41. The molecule has 0 saturated heterocycles. The van der Waals surface area contributed by atoms with E-state index in [2.05, 4.69) is 15.9 Å². The van der Waals surface area contributed by atoms with E-state index in [1.165, 1.54) is 0 Å². The van der Waals surface area contributed by atoms with Gasteiger partial charge in [-0.3, -0.25) is 4.79 Å². The molecule has 0 atom stereocenters. The molecular formula is C15H13BrClNO. The predicted molar refractivity (Wildman–Crippen MR) is 82.9 cm³/mol. The summed E-state index contributed by atoms with van der Waals surface area (Å²) in [5, 5.41) is 0.400. The number of ketones is 1. The maximum Gasteiger partial charge on any atom is 0.195 e. The number of hydrogen-bond donors (Lipinski definition) is 1. The number of aryl methyl sites for hydroxylation is 2. The predicted octanol–water partition coefficient (Wildman–Crippen LogP) is 4.53. The van der Waals surface area contributed by atoms with Crippen LogP contribution in [0.4, 0.5) is 5.69 Å². The molecule has 0 saturated carbocycles. The second-order valence-electron chi connectivity index (χ2n) is 4.45. The van der Waals surface area contributed by atoms with Gasteiger partial charge in [-0.25, -0.2) is 0 Å². The first kappa shape index (κ1) is 14.1. The molecule has 0 unspecified atom stereocenters. The molecule has 0 aliphatic heterocycles. The minimum atomic E-state index is -0.104. The molecule has 4 heteroatoms. The van der Waals surface area contributed by atoms with Crippen molar-refractivity contribution in [1.29, 1.82) is 0 Å². The fourth-order valence-electron chi connectivity index (χ4n) is 1.91. The highest BCUT2D eigenvalue weighted by molar-refractivity contribution is 9.10. The summed E-state index contributed by atoms with van der Waals surface area (Å²) in [6.07, 6.45) is 0. The first-order valence-electron chi connectivity index (χ1n) is 5.77. The average Bonchev–Trinajstić information content (AvgIpc) is 2.36. The van der Waals surface area contributed by atoms with Crippen LogP contribution in [-0.2, 0) is 0 Å². The van der Waals surface area contributed by atoms with Gasteiger partial charge in [0.15, 0.2) is 5.78 Å². The number of para-hydroxylation sites is 1. The highest BCUT2D eigenvalue weighted by Gasteiger charge is 2.16. The van der Waals surface area contributed by atoms with E-state index in [-0.39, 0.29) is 5.78 Å². The van der Waals surface area contributed by atoms with Crippen LogP contribution in [0.5, 0.6) is 0 Å². The standard InChI is InChI=1S/C15H13BrClNO/c1-8-7-12(16)9(2)6-11(8)15(19)10-4-3-5-13(17)14(10)18/h3-7H,18H2,1-2H3. The largest absolute Gasteiger partial charge is 0.397 e. The van der Waals surface area contributed by atoms with Crippen LogP contribution in [0.25, 0.3) is 0 Å². The smallest absolute Gasteiger partial charge is 0.195 e. The molecule has 0 fully saturated rings. The Labute approximate surface area is 125 Å². The highest BCUT2D eigenvalue weighted by Crippen LogP contribution is 2.27. The van der Waals surface area contributed by atoms with Gasteiger partial charge in [0.05, 0.1) is 10.7 Å². The molecule has 0 bridgehead atoms. The van der Waals surface area contributed by atoms with E-state index in [1.54, 1.807) is 18.2 Å². The Morgan fingerprint density at radius 3 is 2.53 bits per heavy atom. The van der Waals surface area contributed by atoms with Crippen LogP contribution in [0.1, 0.15) is 27.0 Å². The fourth-order valence-corrected chi connectivity index (χ4v) is 2.54. The number of nitrogen functional groups attached to an aromatic ring is 1. The number of carbonyl (C=O) groups excluding carboxylic acids is 1. The molecule has 19 heavy (non-hydrogen) atoms. The van der Waals surface area contributed by atoms with Gasteiger partial charge in [0.1, 0.15) is 0 Å². The zero-order valence-electron chi connectivity index (χ0n) is 10.6. The Kier molecular flexibility index (Phi) is 3.97. The lowest BCUT2D eigenvalue weighted by molar-refractivity contribution is 0.103. The van der Waals surface area contributed by atoms with E-state index in [9.17, 15) is 4.79 Å². The summed E-state index contributed by atoms with van der Waals surface area (Å²) in [4.78, 5) is 12.5. The molecule has 0 aliphatic rings. The molecule has 0 radical (unpaired) electrons. The second kappa shape index (κ2) is 5.35. The Morgan fingerprint density at radius 2 is 1.84 bits per heavy atom. The van der Waals surface area contributed by atoms with Gasteiger partial charge in [0.2, 0.25) is 0 Å². The fraction of sp³-hybridized carbons (Fsp3) is 0.133. The van der Waals surface area contributed by atoms with Crippen molar-refractivity contribution >= 4 is 39.0 Å². The van der Waals surface area contributed by atoms with Gasteiger partial charge in [0, 0.05) is 15.6 Å². The maximum atomic E-state index is 12.5. The monoisotopic (exact) mass is 337 g/mol. The van der Waals surface area contributed by atoms with Gasteiger partial charge in [-0.15, -0.1) is 0 Å². The molecule has 2 aromatic carbocycles. The number of hydrogen-bond acceptors (Lipinski definition) is 2. The molecule has 2 N–H and O–H groups in total. The van der Waals surface area contributed by atoms with Crippen molar-refractivity contribution in [1.82, 2.24) is 0 Å². The lowest BCUT2D eigenvalue weighted by Gasteiger charge is -2.10. The van der Waals surface area contributed by atoms with Crippen molar-refractivity contribution in [2.45, 2.75) is 13.8 Å². The van der Waals surface area contributed by atoms with Crippen molar-refractivity contribution in [2.24, 2.45) is 0 Å². The SMILES string of the molecule is Cc1cc(C(=O)c2cccc(Cl)c2N)c(C)cc1Br. The summed E-state index contributed by atoms with van der Waals surface area (Å²) in [5.41, 5.74) is 9.21. The lowest BCUT2D eigenvalue weighted by Crippen LogP contribution is -2.08. The number of carbonyl (C=O) groups is 1. The van der Waals surface area contributed by atoms with Gasteiger partial charge in [-0.05, 0) is 49.2 Å². The molecule has 2 nitrogen and oxygen atoms in total. The van der Waals surface area contributed by atoms with Crippen LogP contribution in [-0.4, -0.2) is 5.78 Å². The zero-order chi connectivity index (χ0) is 14.2. The number of nitrogens with two attached hydrogens (primary N) is 1. The normalized spacial score (nSPS) is 10.5. The first-order chi connectivity index (χ1) is 8.91. The number of rotatable bonds is 2. The molecule has 0 heterocycles. The van der Waals surface area contributed by atoms with Crippen LogP contribution in [0.15, 0.2) is 34.8 Å². The number of anilines is 1. The third kappa shape index (κ3) is 2.67. The van der Waals surface area contributed by atoms with E-state index in [1.807, 2.05) is 26.0 Å². The van der Waals surface area contributed by atoms with Gasteiger partial charge in [-0.1, -0.05) is 33.6 Å². The summed E-state index contributed by atoms with van der Waals surface area (Å²) in [6.45, 7) is 3.85. The Bertz CT molecular complexity index is 667. The van der Waals surface area contributed by atoms with Crippen molar-refractivity contribution < 1.29 is 4.79 Å². The van der Waals surface area contributed by atoms with E-state index >= 15 is 0 Å². The Balaban J connectivity index is 2.56. The minimum absolute atomic E-state index is 0.104. The van der Waals surface area contributed by atoms with Gasteiger partial charge in [0.25, 0.3) is 0 Å². The molecule has 0 spiro atoms. The third-order valence-corrected chi connectivity index (χ3v) is 4.23. The van der Waals surface area contributed by atoms with Gasteiger partial charge in [-0.2, -0.15) is 0 Å². The van der Waals surface area contributed by atoms with Crippen molar-refractivity contribution in [3.8, 4) is 0 Å². The van der Waals surface area contributed by atoms with E-state index in [0.717, 1.165) is 15.6 Å². The van der Waals surface area contributed by atoms with Crippen LogP contribution in [0.2, 0.25) is 5.02 Å². The minimum Gasteiger partial charge on any atom is -0.397 e. The molecule has 2 aromatic rings. The summed E-state index contributed by atoms with van der Waals surface area (Å²) < 4.78 is 0.987. The lowest BCUT2D eigenvalue weighted by atomic mass is 9.96. The van der Waals surface area contributed by atoms with Crippen molar-refractivity contribution in [3.05, 3.63) is 62.1 Å². The third-order valence-electron chi connectivity index (χ3n) is 3.05. The molecule has 0 aromatic heterocycles. The molecule has 2 rings (SSSR count). The quantitative estimate of drug-likeness (QED) is 0.645. The van der Waals surface area contributed by atoms with Crippen LogP contribution in [0, 0.1) is 13.8 Å². The maximum absolute atomic E-state index is 12.5. The molecule has 0 amide bonds. The average molecular weight is 339 g/mol. The number of halogens is 2. The first-order valence-corrected chi connectivity index (χ1v) is 6.94. The van der Waals surface area contributed by atoms with Crippen molar-refractivity contribution in [3.63, 3.8) is 0 Å². The van der Waals surface area contributed by atoms with E-state index < -0.39 is 0 Å². The molecular weight excluding hydrogens is 326 g/mol. The second-order valence-corrected chi connectivity index (χ2v) is 5.71. The van der Waals surface area contributed by atoms with Gasteiger partial charge >= 0.3 is 0 Å². The van der Waals surface area contributed by atoms with E-state index in [0.29, 0.717) is 21.8 Å². The Morgan fingerprint density at radius 1 is 1.16 bits per heavy atom. The summed E-state index contributed by atoms with van der Waals surface area (Å²) in [5.74, 6) is -0.104. The zero-order valence-corrected chi connectivity index (χ0v) is 13.0. The molecule has 98 valence electrons.